The monoisotopic (exact) mass is 1280 g/mol. The Kier molecular flexibility index (Phi) is 34.1. The standard InChI is InChI=1S/2C43H74O3/c2*1-6-7-8-9-10-11-12-13-14-15-16-17-18-19-20-21-32-46-41(44)27-22-34(2)38-25-26-39-37-24-23-35-33-36(45-5)28-30-42(35,3)40(37)29-31-43(38,39)4/h2*10-11,13-14,34-40H,6-9,12,15-33H2,1-5H3/b2*11-10-,14-13-/t2*34-,35?,36-,37?,38?,39?,40?,42+,43-/m11/s1. The lowest BCUT2D eigenvalue weighted by molar-refractivity contribution is -0.145. The maximum Gasteiger partial charge on any atom is 0.305 e. The smallest absolute Gasteiger partial charge is 0.305 e. The van der Waals surface area contributed by atoms with Crippen molar-refractivity contribution in [2.24, 2.45) is 92.7 Å². The molecule has 0 spiro atoms. The number of unbranched alkanes of at least 4 members (excludes halogenated alkanes) is 18. The summed E-state index contributed by atoms with van der Waals surface area (Å²) in [6, 6.07) is 0. The number of fused-ring (bicyclic) bond motifs is 10. The van der Waals surface area contributed by atoms with E-state index in [-0.39, 0.29) is 11.9 Å². The first-order chi connectivity index (χ1) is 44.7. The lowest BCUT2D eigenvalue weighted by Gasteiger charge is -2.61. The molecule has 6 nitrogen and oxygen atoms in total. The van der Waals surface area contributed by atoms with Crippen LogP contribution in [0.1, 0.15) is 351 Å². The molecule has 8 aliphatic rings. The van der Waals surface area contributed by atoms with Crippen molar-refractivity contribution in [3.8, 4) is 0 Å². The first-order valence-electron chi connectivity index (χ1n) is 40.6. The summed E-state index contributed by atoms with van der Waals surface area (Å²) in [4.78, 5) is 25.3. The number of allylic oxidation sites excluding steroid dienone is 8. The fourth-order valence-electron chi connectivity index (χ4n) is 22.6. The molecule has 0 aromatic rings. The Bertz CT molecular complexity index is 2030. The molecular weight excluding hydrogens is 1130 g/mol. The van der Waals surface area contributed by atoms with Crippen LogP contribution in [-0.2, 0) is 28.5 Å². The van der Waals surface area contributed by atoms with Crippen molar-refractivity contribution < 1.29 is 28.5 Å². The highest BCUT2D eigenvalue weighted by molar-refractivity contribution is 5.69. The second-order valence-corrected chi connectivity index (χ2v) is 33.7. The Balaban J connectivity index is 0.000000261. The third-order valence-corrected chi connectivity index (χ3v) is 28.2. The molecule has 0 heterocycles. The van der Waals surface area contributed by atoms with Gasteiger partial charge in [0.1, 0.15) is 0 Å². The number of hydrogen-bond donors (Lipinski definition) is 0. The van der Waals surface area contributed by atoms with Crippen molar-refractivity contribution in [2.75, 3.05) is 27.4 Å². The van der Waals surface area contributed by atoms with Crippen LogP contribution >= 0.6 is 0 Å². The molecule has 0 saturated heterocycles. The molecule has 8 rings (SSSR count). The van der Waals surface area contributed by atoms with Crippen molar-refractivity contribution in [3.05, 3.63) is 48.6 Å². The maximum absolute atomic E-state index is 12.6. The Hall–Kier alpha value is -2.18. The summed E-state index contributed by atoms with van der Waals surface area (Å²) >= 11 is 0. The molecule has 8 fully saturated rings. The van der Waals surface area contributed by atoms with Gasteiger partial charge in [-0.2, -0.15) is 0 Å². The topological polar surface area (TPSA) is 71.1 Å². The molecular formula is C86H148O6. The number of carbonyl (C=O) groups excluding carboxylic acids is 2. The summed E-state index contributed by atoms with van der Waals surface area (Å²) in [5.41, 5.74) is 2.01. The second-order valence-electron chi connectivity index (χ2n) is 33.7. The highest BCUT2D eigenvalue weighted by Crippen LogP contribution is 2.70. The fourth-order valence-corrected chi connectivity index (χ4v) is 22.6. The summed E-state index contributed by atoms with van der Waals surface area (Å²) in [5.74, 6) is 10.1. The van der Waals surface area contributed by atoms with Gasteiger partial charge >= 0.3 is 11.9 Å². The quantitative estimate of drug-likeness (QED) is 0.0346. The van der Waals surface area contributed by atoms with Crippen LogP contribution in [0.25, 0.3) is 0 Å². The van der Waals surface area contributed by atoms with Crippen molar-refractivity contribution >= 4 is 11.9 Å². The average molecular weight is 1280 g/mol. The van der Waals surface area contributed by atoms with Gasteiger partial charge < -0.3 is 18.9 Å². The molecule has 0 amide bonds. The summed E-state index contributed by atoms with van der Waals surface area (Å²) in [6.07, 6.45) is 77.5. The van der Waals surface area contributed by atoms with Crippen molar-refractivity contribution in [2.45, 2.75) is 363 Å². The molecule has 0 radical (unpaired) electrons. The van der Waals surface area contributed by atoms with Crippen LogP contribution in [0.2, 0.25) is 0 Å². The zero-order valence-corrected chi connectivity index (χ0v) is 62.1. The Morgan fingerprint density at radius 1 is 0.391 bits per heavy atom. The Morgan fingerprint density at radius 2 is 0.728 bits per heavy atom. The normalized spacial score (nSPS) is 34.8. The van der Waals surface area contributed by atoms with E-state index in [0.717, 1.165) is 97.7 Å². The van der Waals surface area contributed by atoms with Gasteiger partial charge in [0, 0.05) is 27.1 Å². The first-order valence-corrected chi connectivity index (χ1v) is 40.6. The predicted molar refractivity (Wildman–Crippen MR) is 389 cm³/mol. The zero-order valence-electron chi connectivity index (χ0n) is 62.1. The van der Waals surface area contributed by atoms with E-state index in [1.807, 2.05) is 14.2 Å². The molecule has 8 saturated carbocycles. The van der Waals surface area contributed by atoms with Gasteiger partial charge in [-0.15, -0.1) is 0 Å². The zero-order chi connectivity index (χ0) is 65.7. The molecule has 18 atom stereocenters. The fraction of sp³-hybridized carbons (Fsp3) is 0.884. The van der Waals surface area contributed by atoms with Crippen LogP contribution in [0.4, 0.5) is 0 Å². The summed E-state index contributed by atoms with van der Waals surface area (Å²) in [5, 5.41) is 0. The predicted octanol–water partition coefficient (Wildman–Crippen LogP) is 24.9. The molecule has 528 valence electrons. The third kappa shape index (κ3) is 21.9. The molecule has 10 unspecified atom stereocenters. The van der Waals surface area contributed by atoms with Gasteiger partial charge in [0.25, 0.3) is 0 Å². The number of ether oxygens (including phenoxy) is 4. The number of rotatable bonds is 40. The highest BCUT2D eigenvalue weighted by atomic mass is 16.5. The lowest BCUT2D eigenvalue weighted by atomic mass is 9.44. The minimum atomic E-state index is 0.0377. The average Bonchev–Trinajstić information content (AvgIpc) is 1.42. The number of carbonyl (C=O) groups is 2. The van der Waals surface area contributed by atoms with E-state index >= 15 is 0 Å². The van der Waals surface area contributed by atoms with E-state index in [0.29, 0.717) is 71.8 Å². The molecule has 0 aromatic heterocycles. The third-order valence-electron chi connectivity index (χ3n) is 28.2. The van der Waals surface area contributed by atoms with E-state index in [4.69, 9.17) is 18.9 Å². The highest BCUT2D eigenvalue weighted by Gasteiger charge is 2.62. The van der Waals surface area contributed by atoms with Gasteiger partial charge in [-0.3, -0.25) is 9.59 Å². The van der Waals surface area contributed by atoms with E-state index < -0.39 is 0 Å². The molecule has 0 aromatic carbocycles. The van der Waals surface area contributed by atoms with Gasteiger partial charge in [-0.05, 0) is 298 Å². The largest absolute Gasteiger partial charge is 0.466 e. The van der Waals surface area contributed by atoms with E-state index in [9.17, 15) is 9.59 Å². The van der Waals surface area contributed by atoms with E-state index in [1.165, 1.54) is 244 Å². The van der Waals surface area contributed by atoms with Crippen LogP contribution in [0, 0.1) is 92.7 Å². The van der Waals surface area contributed by atoms with Crippen LogP contribution in [0.5, 0.6) is 0 Å². The van der Waals surface area contributed by atoms with E-state index in [1.54, 1.807) is 0 Å². The summed E-state index contributed by atoms with van der Waals surface area (Å²) in [7, 11) is 3.84. The molecule has 0 bridgehead atoms. The van der Waals surface area contributed by atoms with Gasteiger partial charge in [0.05, 0.1) is 25.4 Å². The lowest BCUT2D eigenvalue weighted by Crippen LogP contribution is -2.54. The van der Waals surface area contributed by atoms with Crippen LogP contribution in [-0.4, -0.2) is 51.6 Å². The summed E-state index contributed by atoms with van der Waals surface area (Å²) in [6.45, 7) is 21.3. The van der Waals surface area contributed by atoms with Gasteiger partial charge in [0.15, 0.2) is 0 Å². The number of methoxy groups -OCH3 is 2. The number of hydrogen-bond acceptors (Lipinski definition) is 6. The van der Waals surface area contributed by atoms with E-state index in [2.05, 4.69) is 104 Å². The Morgan fingerprint density at radius 3 is 1.10 bits per heavy atom. The van der Waals surface area contributed by atoms with Crippen LogP contribution in [0.3, 0.4) is 0 Å². The molecule has 0 aliphatic heterocycles. The molecule has 6 heteroatoms. The van der Waals surface area contributed by atoms with Gasteiger partial charge in [-0.25, -0.2) is 0 Å². The SMILES string of the molecule is CCCCC/C=C\C/C=C\CCCCCCCCOC(=O)CC[C@@H](C)C1CCC2C3CCC4C[C@H](OC)CC[C@]4(C)C3CC[C@@]21C.CCCCC/C=C\C/C=C\CCCCCCCCOC(=O)CC[C@@H](C)C1CCC2C3CCC4C[C@H](OC)CC[C@]4(C)C3CC[C@@]21C. The van der Waals surface area contributed by atoms with Crippen molar-refractivity contribution in [1.29, 1.82) is 0 Å². The molecule has 8 aliphatic carbocycles. The van der Waals surface area contributed by atoms with Gasteiger partial charge in [-0.1, -0.05) is 181 Å². The molecule has 0 N–H and O–H groups in total. The molecule has 92 heavy (non-hydrogen) atoms. The minimum absolute atomic E-state index is 0.0377. The van der Waals surface area contributed by atoms with Crippen LogP contribution in [0.15, 0.2) is 48.6 Å². The Labute approximate surface area is 569 Å². The van der Waals surface area contributed by atoms with Crippen LogP contribution < -0.4 is 0 Å². The first kappa shape index (κ1) is 77.2. The number of esters is 2. The van der Waals surface area contributed by atoms with Crippen molar-refractivity contribution in [3.63, 3.8) is 0 Å². The summed E-state index contributed by atoms with van der Waals surface area (Å²) < 4.78 is 23.0. The maximum atomic E-state index is 12.6. The second kappa shape index (κ2) is 40.6. The van der Waals surface area contributed by atoms with Crippen molar-refractivity contribution in [1.82, 2.24) is 0 Å². The minimum Gasteiger partial charge on any atom is -0.466 e. The van der Waals surface area contributed by atoms with Gasteiger partial charge in [0.2, 0.25) is 0 Å².